The van der Waals surface area contributed by atoms with Crippen LogP contribution in [0.4, 0.5) is 0 Å². The van der Waals surface area contributed by atoms with E-state index in [1.807, 2.05) is 27.7 Å². The van der Waals surface area contributed by atoms with Gasteiger partial charge in [-0.2, -0.15) is 0 Å². The van der Waals surface area contributed by atoms with E-state index >= 15 is 0 Å². The summed E-state index contributed by atoms with van der Waals surface area (Å²) >= 11 is 32.2. The summed E-state index contributed by atoms with van der Waals surface area (Å²) in [4.78, 5) is -0.521. The summed E-state index contributed by atoms with van der Waals surface area (Å²) in [6.45, 7) is 7.76. The van der Waals surface area contributed by atoms with E-state index in [9.17, 15) is 4.57 Å². The first-order valence-electron chi connectivity index (χ1n) is 7.77. The number of halogens is 8. The quantitative estimate of drug-likeness (QED) is 0.105. The van der Waals surface area contributed by atoms with Crippen LogP contribution in [-0.2, 0) is 18.1 Å². The predicted molar refractivity (Wildman–Crippen MR) is 137 cm³/mol. The van der Waals surface area contributed by atoms with Crippen molar-refractivity contribution in [2.45, 2.75) is 52.2 Å². The number of rotatable bonds is 13. The van der Waals surface area contributed by atoms with Crippen molar-refractivity contribution in [1.29, 1.82) is 0 Å². The van der Waals surface area contributed by atoms with E-state index in [2.05, 4.69) is 95.6 Å². The molecule has 0 rings (SSSR count). The molecule has 0 saturated carbocycles. The van der Waals surface area contributed by atoms with Gasteiger partial charge in [0.25, 0.3) is 0 Å². The lowest BCUT2D eigenvalue weighted by molar-refractivity contribution is 0.0323. The molecule has 0 atom stereocenters. The highest BCUT2D eigenvalue weighted by Crippen LogP contribution is 2.65. The van der Waals surface area contributed by atoms with E-state index in [-0.39, 0.29) is 6.61 Å². The summed E-state index contributed by atoms with van der Waals surface area (Å²) in [6.07, 6.45) is 0.984. The van der Waals surface area contributed by atoms with Crippen molar-refractivity contribution < 1.29 is 18.1 Å². The van der Waals surface area contributed by atoms with Crippen LogP contribution in [0.1, 0.15) is 40.5 Å². The first kappa shape index (κ1) is 30.6. The predicted octanol–water partition coefficient (Wildman–Crippen LogP) is 9.46. The van der Waals surface area contributed by atoms with E-state index in [0.29, 0.717) is 23.5 Å². The molecule has 0 fully saturated rings. The van der Waals surface area contributed by atoms with Gasteiger partial charge in [-0.1, -0.05) is 59.6 Å². The summed E-state index contributed by atoms with van der Waals surface area (Å²) in [7, 11) is -4.06. The average Bonchev–Trinajstić information content (AvgIpc) is 2.49. The summed E-state index contributed by atoms with van der Waals surface area (Å²) in [5.74, 6) is 0. The smallest absolute Gasteiger partial charge is 0.287 e. The molecule has 0 heterocycles. The fraction of sp³-hybridized carbons (Fsp3) is 1.00. The zero-order chi connectivity index (χ0) is 21.7. The molecule has 0 aromatic rings. The van der Waals surface area contributed by atoms with E-state index in [4.69, 9.17) is 36.8 Å². The van der Waals surface area contributed by atoms with Crippen molar-refractivity contribution in [3.8, 4) is 0 Å². The number of phosphoric acid groups is 1. The molecule has 0 bridgehead atoms. The summed E-state index contributed by atoms with van der Waals surface area (Å²) < 4.78 is 28.4. The van der Waals surface area contributed by atoms with Crippen LogP contribution in [0.2, 0.25) is 0 Å². The highest BCUT2D eigenvalue weighted by Gasteiger charge is 2.53. The first-order valence-corrected chi connectivity index (χ1v) is 15.5. The minimum absolute atomic E-state index is 0.100. The standard InChI is InChI=1S/C14H23Br6Cl2O4P/c1-11(2,8-15)13(17,18)25-27(23,24-7-5-6-10(21)22)26-14(19,20)12(3,4)9-16/h10H,5-9H2,1-4H3. The molecule has 0 N–H and O–H groups in total. The van der Waals surface area contributed by atoms with Crippen LogP contribution in [-0.4, -0.2) is 28.9 Å². The maximum absolute atomic E-state index is 13.5. The van der Waals surface area contributed by atoms with E-state index in [1.54, 1.807) is 0 Å². The van der Waals surface area contributed by atoms with Crippen LogP contribution in [0, 0.1) is 10.8 Å². The van der Waals surface area contributed by atoms with Gasteiger partial charge in [0.1, 0.15) is 4.84 Å². The Kier molecular flexibility index (Phi) is 13.8. The van der Waals surface area contributed by atoms with Crippen molar-refractivity contribution in [2.75, 3.05) is 17.3 Å². The van der Waals surface area contributed by atoms with Gasteiger partial charge in [-0.25, -0.2) is 4.57 Å². The second-order valence-corrected chi connectivity index (χ2v) is 17.6. The lowest BCUT2D eigenvalue weighted by Crippen LogP contribution is -2.40. The molecular weight excluding hydrogens is 813 g/mol. The minimum Gasteiger partial charge on any atom is -0.287 e. The molecule has 0 unspecified atom stereocenters. The average molecular weight is 837 g/mol. The van der Waals surface area contributed by atoms with Crippen LogP contribution >= 0.6 is 127 Å². The van der Waals surface area contributed by atoms with Crippen LogP contribution in [0.5, 0.6) is 0 Å². The van der Waals surface area contributed by atoms with Gasteiger partial charge in [-0.3, -0.25) is 13.6 Å². The van der Waals surface area contributed by atoms with Gasteiger partial charge in [-0.15, -0.1) is 23.2 Å². The van der Waals surface area contributed by atoms with Crippen molar-refractivity contribution >= 4 is 127 Å². The molecule has 0 saturated heterocycles. The van der Waals surface area contributed by atoms with Gasteiger partial charge in [-0.05, 0) is 76.6 Å². The third-order valence-electron chi connectivity index (χ3n) is 3.51. The monoisotopic (exact) mass is 830 g/mol. The number of phosphoric ester groups is 1. The normalized spacial score (nSPS) is 14.9. The molecule has 0 aromatic heterocycles. The van der Waals surface area contributed by atoms with Gasteiger partial charge < -0.3 is 0 Å². The topological polar surface area (TPSA) is 44.8 Å². The molecule has 0 aliphatic heterocycles. The third-order valence-corrected chi connectivity index (χ3v) is 14.2. The van der Waals surface area contributed by atoms with Crippen LogP contribution in [0.25, 0.3) is 0 Å². The molecule has 13 heteroatoms. The zero-order valence-electron chi connectivity index (χ0n) is 15.2. The van der Waals surface area contributed by atoms with Crippen LogP contribution in [0.15, 0.2) is 0 Å². The molecule has 27 heavy (non-hydrogen) atoms. The van der Waals surface area contributed by atoms with E-state index < -0.39 is 30.3 Å². The van der Waals surface area contributed by atoms with Crippen molar-refractivity contribution in [1.82, 2.24) is 0 Å². The Morgan fingerprint density at radius 2 is 1.26 bits per heavy atom. The maximum atomic E-state index is 13.5. The molecule has 0 radical (unpaired) electrons. The Bertz CT molecular complexity index is 486. The zero-order valence-corrected chi connectivity index (χ0v) is 27.1. The van der Waals surface area contributed by atoms with Crippen LogP contribution in [0.3, 0.4) is 0 Å². The van der Waals surface area contributed by atoms with Crippen molar-refractivity contribution in [3.05, 3.63) is 0 Å². The van der Waals surface area contributed by atoms with Gasteiger partial charge in [0.05, 0.1) is 6.61 Å². The lowest BCUT2D eigenvalue weighted by atomic mass is 9.98. The Morgan fingerprint density at radius 1 is 0.889 bits per heavy atom. The Morgan fingerprint density at radius 3 is 1.56 bits per heavy atom. The highest BCUT2D eigenvalue weighted by atomic mass is 79.9. The highest BCUT2D eigenvalue weighted by molar-refractivity contribution is 9.25. The molecule has 0 aliphatic carbocycles. The fourth-order valence-corrected chi connectivity index (χ4v) is 8.01. The number of hydrogen-bond acceptors (Lipinski definition) is 4. The minimum atomic E-state index is -4.06. The molecule has 0 aliphatic rings. The summed E-state index contributed by atoms with van der Waals surface area (Å²) in [6, 6.07) is 0. The lowest BCUT2D eigenvalue weighted by Gasteiger charge is -2.41. The molecule has 164 valence electrons. The third kappa shape index (κ3) is 9.93. The van der Waals surface area contributed by atoms with Gasteiger partial charge in [0, 0.05) is 21.5 Å². The van der Waals surface area contributed by atoms with Crippen molar-refractivity contribution in [2.24, 2.45) is 10.8 Å². The molecule has 0 amide bonds. The molecule has 0 aromatic carbocycles. The number of alkyl halides is 8. The van der Waals surface area contributed by atoms with E-state index in [0.717, 1.165) is 0 Å². The SMILES string of the molecule is CC(C)(CBr)C(Br)(Br)OP(=O)(OCCCC(Cl)Cl)OC(Br)(Br)C(C)(C)CBr. The largest absolute Gasteiger partial charge is 0.479 e. The Balaban J connectivity index is 5.60. The Hall–Kier alpha value is 3.57. The van der Waals surface area contributed by atoms with E-state index in [1.165, 1.54) is 0 Å². The van der Waals surface area contributed by atoms with Gasteiger partial charge >= 0.3 is 7.82 Å². The van der Waals surface area contributed by atoms with Crippen LogP contribution < -0.4 is 0 Å². The molecule has 4 nitrogen and oxygen atoms in total. The molecular formula is C14H23Br6Cl2O4P. The first-order chi connectivity index (χ1) is 12.0. The summed E-state index contributed by atoms with van der Waals surface area (Å²) in [5.41, 5.74) is -1.00. The second-order valence-electron chi connectivity index (χ2n) is 7.06. The fourth-order valence-electron chi connectivity index (χ4n) is 1.17. The maximum Gasteiger partial charge on any atom is 0.479 e. The second kappa shape index (κ2) is 12.2. The molecule has 0 spiro atoms. The Labute approximate surface area is 222 Å². The number of hydrogen-bond donors (Lipinski definition) is 0. The van der Waals surface area contributed by atoms with Crippen molar-refractivity contribution in [3.63, 3.8) is 0 Å². The summed E-state index contributed by atoms with van der Waals surface area (Å²) in [5, 5.41) is 1.11. The van der Waals surface area contributed by atoms with Gasteiger partial charge in [0.15, 0.2) is 6.84 Å². The van der Waals surface area contributed by atoms with Gasteiger partial charge in [0.2, 0.25) is 0 Å².